The molecule has 0 radical (unpaired) electrons. The Hall–Kier alpha value is -0.880. The molecule has 3 aliphatic rings. The third kappa shape index (κ3) is 5.00. The van der Waals surface area contributed by atoms with E-state index in [-0.39, 0.29) is 11.7 Å². The molecule has 0 bridgehead atoms. The van der Waals surface area contributed by atoms with Crippen LogP contribution in [0.1, 0.15) is 56.7 Å². The van der Waals surface area contributed by atoms with Gasteiger partial charge in [0.15, 0.2) is 12.4 Å². The molecule has 3 heterocycles. The summed E-state index contributed by atoms with van der Waals surface area (Å²) in [5.41, 5.74) is 0.966. The summed E-state index contributed by atoms with van der Waals surface area (Å²) >= 11 is 5.60. The normalized spacial score (nSPS) is 21.8. The third-order valence-corrected chi connectivity index (χ3v) is 10.2. The molecular formula is C24H29BrF3IN4O. The van der Waals surface area contributed by atoms with E-state index in [1.54, 1.807) is 0 Å². The van der Waals surface area contributed by atoms with Gasteiger partial charge in [-0.25, -0.2) is 9.97 Å². The number of nitrogens with zero attached hydrogens (tertiary/aromatic N) is 4. The van der Waals surface area contributed by atoms with Gasteiger partial charge in [0.05, 0.1) is 4.47 Å². The number of piperidine rings is 2. The van der Waals surface area contributed by atoms with E-state index < -0.39 is 12.8 Å². The molecule has 0 N–H and O–H groups in total. The standard InChI is InChI=1S/C24H29BrF3IN4O/c1-32-9-3-15(4-10-32)21-30-19-16(13-17(29)18(25)20(19)34-14-24(26,27)28)22(31-21)33-11-7-23(8-12-33)5-2-6-23/h13,15H,2-12,14H2,1H3. The summed E-state index contributed by atoms with van der Waals surface area (Å²) in [7, 11) is 2.11. The molecule has 1 aromatic carbocycles. The minimum absolute atomic E-state index is 0.157. The summed E-state index contributed by atoms with van der Waals surface area (Å²) < 4.78 is 45.9. The number of fused-ring (bicyclic) bond motifs is 1. The van der Waals surface area contributed by atoms with Gasteiger partial charge >= 0.3 is 6.18 Å². The first-order valence-corrected chi connectivity index (χ1v) is 13.8. The highest BCUT2D eigenvalue weighted by Crippen LogP contribution is 2.50. The fourth-order valence-corrected chi connectivity index (χ4v) is 6.50. The lowest BCUT2D eigenvalue weighted by Crippen LogP contribution is -2.44. The number of benzene rings is 1. The Morgan fingerprint density at radius 1 is 1.12 bits per heavy atom. The van der Waals surface area contributed by atoms with Gasteiger partial charge in [0.1, 0.15) is 17.2 Å². The predicted molar refractivity (Wildman–Crippen MR) is 139 cm³/mol. The van der Waals surface area contributed by atoms with Crippen LogP contribution in [0.25, 0.3) is 10.9 Å². The van der Waals surface area contributed by atoms with Gasteiger partial charge in [0.25, 0.3) is 0 Å². The highest BCUT2D eigenvalue weighted by Gasteiger charge is 2.40. The topological polar surface area (TPSA) is 41.5 Å². The first kappa shape index (κ1) is 24.8. The first-order chi connectivity index (χ1) is 16.1. The van der Waals surface area contributed by atoms with E-state index in [0.29, 0.717) is 15.4 Å². The van der Waals surface area contributed by atoms with Crippen LogP contribution < -0.4 is 9.64 Å². The van der Waals surface area contributed by atoms with Gasteiger partial charge < -0.3 is 14.5 Å². The van der Waals surface area contributed by atoms with Crippen LogP contribution in [0.15, 0.2) is 10.5 Å². The van der Waals surface area contributed by atoms with Crippen molar-refractivity contribution in [3.63, 3.8) is 0 Å². The van der Waals surface area contributed by atoms with Crippen LogP contribution in [0.5, 0.6) is 5.75 Å². The van der Waals surface area contributed by atoms with Gasteiger partial charge in [-0.2, -0.15) is 13.2 Å². The summed E-state index contributed by atoms with van der Waals surface area (Å²) in [5.74, 6) is 1.92. The van der Waals surface area contributed by atoms with Gasteiger partial charge in [-0.05, 0) is 109 Å². The lowest BCUT2D eigenvalue weighted by molar-refractivity contribution is -0.153. The molecule has 2 aromatic rings. The first-order valence-electron chi connectivity index (χ1n) is 12.0. The van der Waals surface area contributed by atoms with Crippen molar-refractivity contribution >= 4 is 55.2 Å². The third-order valence-electron chi connectivity index (χ3n) is 7.84. The van der Waals surface area contributed by atoms with Crippen LogP contribution in [-0.2, 0) is 0 Å². The maximum Gasteiger partial charge on any atom is 0.422 e. The number of anilines is 1. The Morgan fingerprint density at radius 2 is 1.79 bits per heavy atom. The van der Waals surface area contributed by atoms with Crippen LogP contribution in [0.4, 0.5) is 19.0 Å². The van der Waals surface area contributed by atoms with E-state index in [0.717, 1.165) is 72.5 Å². The van der Waals surface area contributed by atoms with Crippen LogP contribution in [0, 0.1) is 8.99 Å². The zero-order valence-electron chi connectivity index (χ0n) is 19.2. The van der Waals surface area contributed by atoms with Gasteiger partial charge in [-0.3, -0.25) is 0 Å². The Bertz CT molecular complexity index is 1060. The van der Waals surface area contributed by atoms with E-state index in [2.05, 4.69) is 55.4 Å². The molecule has 3 fully saturated rings. The van der Waals surface area contributed by atoms with Crippen molar-refractivity contribution in [2.45, 2.75) is 57.0 Å². The van der Waals surface area contributed by atoms with Crippen LogP contribution in [0.2, 0.25) is 0 Å². The second kappa shape index (κ2) is 9.53. The fraction of sp³-hybridized carbons (Fsp3) is 0.667. The van der Waals surface area contributed by atoms with Crippen LogP contribution in [0.3, 0.4) is 0 Å². The molecule has 186 valence electrons. The average Bonchev–Trinajstić information content (AvgIpc) is 2.78. The number of rotatable bonds is 4. The Kier molecular flexibility index (Phi) is 6.95. The second-order valence-electron chi connectivity index (χ2n) is 10.1. The van der Waals surface area contributed by atoms with E-state index in [1.165, 1.54) is 19.3 Å². The monoisotopic (exact) mass is 652 g/mol. The molecular weight excluding hydrogens is 624 g/mol. The van der Waals surface area contributed by atoms with Crippen molar-refractivity contribution in [1.82, 2.24) is 14.9 Å². The number of halogens is 5. The summed E-state index contributed by atoms with van der Waals surface area (Å²) in [5, 5.41) is 0.769. The molecule has 2 saturated heterocycles. The number of hydrogen-bond acceptors (Lipinski definition) is 5. The average molecular weight is 653 g/mol. The molecule has 1 saturated carbocycles. The number of aromatic nitrogens is 2. The summed E-state index contributed by atoms with van der Waals surface area (Å²) in [6.45, 7) is 2.41. The number of likely N-dealkylation sites (tertiary alicyclic amines) is 1. The zero-order chi connectivity index (χ0) is 24.1. The Labute approximate surface area is 220 Å². The highest BCUT2D eigenvalue weighted by molar-refractivity contribution is 14.1. The summed E-state index contributed by atoms with van der Waals surface area (Å²) in [4.78, 5) is 14.6. The molecule has 10 heteroatoms. The maximum atomic E-state index is 13.1. The summed E-state index contributed by atoms with van der Waals surface area (Å²) in [6, 6.07) is 1.97. The molecule has 0 unspecified atom stereocenters. The number of ether oxygens (including phenoxy) is 1. The number of alkyl halides is 3. The van der Waals surface area contributed by atoms with Crippen molar-refractivity contribution < 1.29 is 17.9 Å². The molecule has 2 aliphatic heterocycles. The lowest BCUT2D eigenvalue weighted by Gasteiger charge is -2.48. The van der Waals surface area contributed by atoms with Crippen molar-refractivity contribution in [1.29, 1.82) is 0 Å². The summed E-state index contributed by atoms with van der Waals surface area (Å²) in [6.07, 6.45) is 3.69. The van der Waals surface area contributed by atoms with Crippen molar-refractivity contribution in [3.8, 4) is 5.75 Å². The van der Waals surface area contributed by atoms with Gasteiger partial charge in [-0.15, -0.1) is 0 Å². The smallest absolute Gasteiger partial charge is 0.422 e. The van der Waals surface area contributed by atoms with E-state index >= 15 is 0 Å². The molecule has 34 heavy (non-hydrogen) atoms. The second-order valence-corrected chi connectivity index (χ2v) is 12.1. The molecule has 5 rings (SSSR count). The predicted octanol–water partition coefficient (Wildman–Crippen LogP) is 6.52. The zero-order valence-corrected chi connectivity index (χ0v) is 23.0. The van der Waals surface area contributed by atoms with E-state index in [4.69, 9.17) is 14.7 Å². The fourth-order valence-electron chi connectivity index (χ4n) is 5.53. The van der Waals surface area contributed by atoms with Gasteiger partial charge in [-0.1, -0.05) is 6.42 Å². The van der Waals surface area contributed by atoms with Gasteiger partial charge in [0.2, 0.25) is 0 Å². The van der Waals surface area contributed by atoms with Gasteiger partial charge in [0, 0.05) is 28.0 Å². The van der Waals surface area contributed by atoms with E-state index in [9.17, 15) is 13.2 Å². The molecule has 0 atom stereocenters. The van der Waals surface area contributed by atoms with Crippen LogP contribution >= 0.6 is 38.5 Å². The minimum Gasteiger partial charge on any atom is -0.481 e. The largest absolute Gasteiger partial charge is 0.481 e. The molecule has 0 amide bonds. The molecule has 1 aromatic heterocycles. The lowest BCUT2D eigenvalue weighted by atomic mass is 9.63. The minimum atomic E-state index is -4.43. The van der Waals surface area contributed by atoms with Crippen LogP contribution in [-0.4, -0.2) is 60.9 Å². The SMILES string of the molecule is CN1CCC(c2nc(N3CCC4(CCC4)CC3)c3cc(I)c(Br)c(OCC(F)(F)F)c3n2)CC1. The van der Waals surface area contributed by atoms with Crippen molar-refractivity contribution in [2.24, 2.45) is 5.41 Å². The van der Waals surface area contributed by atoms with Crippen molar-refractivity contribution in [3.05, 3.63) is 19.9 Å². The van der Waals surface area contributed by atoms with E-state index in [1.807, 2.05) is 6.07 Å². The van der Waals surface area contributed by atoms with Crippen molar-refractivity contribution in [2.75, 3.05) is 44.7 Å². The number of hydrogen-bond donors (Lipinski definition) is 0. The molecule has 1 aliphatic carbocycles. The Morgan fingerprint density at radius 3 is 2.38 bits per heavy atom. The quantitative estimate of drug-likeness (QED) is 0.352. The Balaban J connectivity index is 1.59. The molecule has 5 nitrogen and oxygen atoms in total. The molecule has 1 spiro atoms. The maximum absolute atomic E-state index is 13.1. The highest BCUT2D eigenvalue weighted by atomic mass is 127.